The molecule has 1 amide bonds. The van der Waals surface area contributed by atoms with Crippen LogP contribution in [0.2, 0.25) is 0 Å². The van der Waals surface area contributed by atoms with E-state index in [1.165, 1.54) is 12.1 Å². The van der Waals surface area contributed by atoms with Gasteiger partial charge in [-0.1, -0.05) is 12.8 Å². The summed E-state index contributed by atoms with van der Waals surface area (Å²) in [5, 5.41) is 2.37. The lowest BCUT2D eigenvalue weighted by Gasteiger charge is -2.13. The Hall–Kier alpha value is -1.41. The zero-order chi connectivity index (χ0) is 17.4. The summed E-state index contributed by atoms with van der Waals surface area (Å²) >= 11 is 0. The molecule has 3 rings (SSSR count). The van der Waals surface area contributed by atoms with E-state index in [1.54, 1.807) is 12.1 Å². The number of rotatable bonds is 4. The largest absolute Gasteiger partial charge is 0.326 e. The van der Waals surface area contributed by atoms with Gasteiger partial charge < -0.3 is 5.32 Å². The van der Waals surface area contributed by atoms with Crippen molar-refractivity contribution in [2.75, 3.05) is 16.8 Å². The average molecular weight is 371 g/mol. The first-order valence-corrected chi connectivity index (χ1v) is 11.5. The molecule has 1 aliphatic carbocycles. The lowest BCUT2D eigenvalue weighted by Crippen LogP contribution is -2.23. The van der Waals surface area contributed by atoms with Crippen LogP contribution in [-0.4, -0.2) is 39.5 Å². The summed E-state index contributed by atoms with van der Waals surface area (Å²) in [5.74, 6) is -0.934. The summed E-state index contributed by atoms with van der Waals surface area (Å²) in [6, 6.07) is 6.13. The Balaban J connectivity index is 1.68. The lowest BCUT2D eigenvalue weighted by atomic mass is 10.1. The molecule has 0 spiro atoms. The number of anilines is 1. The van der Waals surface area contributed by atoms with Gasteiger partial charge in [0, 0.05) is 5.69 Å². The minimum atomic E-state index is -3.31. The fraction of sp³-hybridized carbons (Fsp3) is 0.562. The molecule has 2 aliphatic rings. The third kappa shape index (κ3) is 3.64. The Morgan fingerprint density at radius 3 is 2.21 bits per heavy atom. The Morgan fingerprint density at radius 2 is 1.67 bits per heavy atom. The maximum absolute atomic E-state index is 12.5. The van der Waals surface area contributed by atoms with E-state index in [4.69, 9.17) is 0 Å². The predicted molar refractivity (Wildman–Crippen MR) is 91.3 cm³/mol. The molecule has 1 atom stereocenters. The van der Waals surface area contributed by atoms with Gasteiger partial charge in [-0.15, -0.1) is 0 Å². The van der Waals surface area contributed by atoms with E-state index >= 15 is 0 Å². The molecule has 2 fully saturated rings. The van der Waals surface area contributed by atoms with Gasteiger partial charge in [0.05, 0.1) is 27.6 Å². The second kappa shape index (κ2) is 6.48. The van der Waals surface area contributed by atoms with Crippen molar-refractivity contribution in [3.8, 4) is 0 Å². The van der Waals surface area contributed by atoms with Crippen LogP contribution in [0.3, 0.4) is 0 Å². The zero-order valence-electron chi connectivity index (χ0n) is 13.3. The van der Waals surface area contributed by atoms with E-state index in [2.05, 4.69) is 5.32 Å². The normalized spacial score (nSPS) is 24.1. The predicted octanol–water partition coefficient (Wildman–Crippen LogP) is 1.78. The number of benzene rings is 1. The van der Waals surface area contributed by atoms with Crippen LogP contribution in [-0.2, 0) is 24.5 Å². The second-order valence-electron chi connectivity index (χ2n) is 6.57. The molecule has 24 heavy (non-hydrogen) atoms. The van der Waals surface area contributed by atoms with Crippen LogP contribution in [0.25, 0.3) is 0 Å². The van der Waals surface area contributed by atoms with Crippen molar-refractivity contribution < 1.29 is 21.6 Å². The van der Waals surface area contributed by atoms with Crippen LogP contribution in [0.4, 0.5) is 5.69 Å². The summed E-state index contributed by atoms with van der Waals surface area (Å²) in [6.45, 7) is 0. The smallest absolute Gasteiger partial charge is 0.228 e. The summed E-state index contributed by atoms with van der Waals surface area (Å²) in [7, 11) is -6.42. The molecule has 6 nitrogen and oxygen atoms in total. The Morgan fingerprint density at radius 1 is 1.04 bits per heavy atom. The van der Waals surface area contributed by atoms with Crippen molar-refractivity contribution in [2.24, 2.45) is 5.92 Å². The van der Waals surface area contributed by atoms with Gasteiger partial charge in [-0.25, -0.2) is 16.8 Å². The van der Waals surface area contributed by atoms with Gasteiger partial charge in [-0.2, -0.15) is 0 Å². The van der Waals surface area contributed by atoms with Crippen LogP contribution in [0.1, 0.15) is 32.1 Å². The lowest BCUT2D eigenvalue weighted by molar-refractivity contribution is -0.119. The molecule has 1 aromatic carbocycles. The number of hydrogen-bond donors (Lipinski definition) is 1. The molecule has 8 heteroatoms. The number of amides is 1. The van der Waals surface area contributed by atoms with Crippen molar-refractivity contribution >= 4 is 31.3 Å². The number of hydrogen-bond acceptors (Lipinski definition) is 5. The molecule has 1 saturated carbocycles. The molecule has 1 saturated heterocycles. The minimum absolute atomic E-state index is 0.0453. The SMILES string of the molecule is O=C(Nc1ccc(S(=O)(=O)C2CCCC2)cc1)C1CCS(=O)(=O)C1. The Kier molecular flexibility index (Phi) is 4.70. The first-order valence-electron chi connectivity index (χ1n) is 8.13. The van der Waals surface area contributed by atoms with Gasteiger partial charge in [0.1, 0.15) is 0 Å². The van der Waals surface area contributed by atoms with E-state index in [1.807, 2.05) is 0 Å². The van der Waals surface area contributed by atoms with Crippen LogP contribution in [0.5, 0.6) is 0 Å². The maximum atomic E-state index is 12.5. The number of carbonyl (C=O) groups excluding carboxylic acids is 1. The van der Waals surface area contributed by atoms with Gasteiger partial charge in [0.15, 0.2) is 19.7 Å². The summed E-state index contributed by atoms with van der Waals surface area (Å²) in [5.41, 5.74) is 0.481. The van der Waals surface area contributed by atoms with Crippen LogP contribution in [0, 0.1) is 5.92 Å². The highest BCUT2D eigenvalue weighted by Crippen LogP contribution is 2.30. The van der Waals surface area contributed by atoms with Gasteiger partial charge in [-0.3, -0.25) is 4.79 Å². The van der Waals surface area contributed by atoms with Crippen LogP contribution >= 0.6 is 0 Å². The summed E-state index contributed by atoms with van der Waals surface area (Å²) < 4.78 is 47.9. The third-order valence-corrected chi connectivity index (χ3v) is 8.84. The number of carbonyl (C=O) groups is 1. The highest BCUT2D eigenvalue weighted by Gasteiger charge is 2.33. The van der Waals surface area contributed by atoms with Crippen molar-refractivity contribution in [3.63, 3.8) is 0 Å². The Bertz CT molecular complexity index is 822. The standard InChI is InChI=1S/C16H21NO5S2/c18-16(12-9-10-23(19,20)11-12)17-13-5-7-15(8-6-13)24(21,22)14-3-1-2-4-14/h5-8,12,14H,1-4,9-11H2,(H,17,18). The molecule has 0 aromatic heterocycles. The average Bonchev–Trinajstić information content (AvgIpc) is 3.17. The van der Waals surface area contributed by atoms with Crippen LogP contribution < -0.4 is 5.32 Å². The highest BCUT2D eigenvalue weighted by atomic mass is 32.2. The van der Waals surface area contributed by atoms with E-state index in [9.17, 15) is 21.6 Å². The fourth-order valence-electron chi connectivity index (χ4n) is 3.37. The maximum Gasteiger partial charge on any atom is 0.228 e. The molecule has 0 bridgehead atoms. The van der Waals surface area contributed by atoms with E-state index in [-0.39, 0.29) is 27.6 Å². The van der Waals surface area contributed by atoms with E-state index < -0.39 is 25.6 Å². The fourth-order valence-corrected chi connectivity index (χ4v) is 6.96. The Labute approximate surface area is 142 Å². The van der Waals surface area contributed by atoms with Gasteiger partial charge >= 0.3 is 0 Å². The highest BCUT2D eigenvalue weighted by molar-refractivity contribution is 7.92. The number of sulfone groups is 2. The molecule has 1 aromatic rings. The van der Waals surface area contributed by atoms with Crippen molar-refractivity contribution in [1.82, 2.24) is 0 Å². The van der Waals surface area contributed by atoms with Gasteiger partial charge in [-0.05, 0) is 43.5 Å². The second-order valence-corrected chi connectivity index (χ2v) is 11.0. The first-order chi connectivity index (χ1) is 11.3. The molecule has 1 N–H and O–H groups in total. The monoisotopic (exact) mass is 371 g/mol. The molecular formula is C16H21NO5S2. The van der Waals surface area contributed by atoms with Crippen LogP contribution in [0.15, 0.2) is 29.2 Å². The zero-order valence-corrected chi connectivity index (χ0v) is 14.9. The third-order valence-electron chi connectivity index (χ3n) is 4.79. The molecule has 1 aliphatic heterocycles. The number of nitrogens with one attached hydrogen (secondary N) is 1. The quantitative estimate of drug-likeness (QED) is 0.870. The molecule has 132 valence electrons. The molecular weight excluding hydrogens is 350 g/mol. The van der Waals surface area contributed by atoms with E-state index in [0.29, 0.717) is 24.9 Å². The summed E-state index contributed by atoms with van der Waals surface area (Å²) in [6.07, 6.45) is 3.64. The van der Waals surface area contributed by atoms with Crippen molar-refractivity contribution in [1.29, 1.82) is 0 Å². The first kappa shape index (κ1) is 17.4. The van der Waals surface area contributed by atoms with E-state index in [0.717, 1.165) is 12.8 Å². The molecule has 1 heterocycles. The topological polar surface area (TPSA) is 97.4 Å². The summed E-state index contributed by atoms with van der Waals surface area (Å²) in [4.78, 5) is 12.4. The van der Waals surface area contributed by atoms with Gasteiger partial charge in [0.25, 0.3) is 0 Å². The minimum Gasteiger partial charge on any atom is -0.326 e. The van der Waals surface area contributed by atoms with Gasteiger partial charge in [0.2, 0.25) is 5.91 Å². The molecule has 1 unspecified atom stereocenters. The molecule has 0 radical (unpaired) electrons. The van der Waals surface area contributed by atoms with Crippen molar-refractivity contribution in [2.45, 2.75) is 42.2 Å². The van der Waals surface area contributed by atoms with Crippen molar-refractivity contribution in [3.05, 3.63) is 24.3 Å².